The lowest BCUT2D eigenvalue weighted by molar-refractivity contribution is 0.0630. The van der Waals surface area contributed by atoms with Gasteiger partial charge in [0, 0.05) is 51.9 Å². The van der Waals surface area contributed by atoms with Crippen molar-refractivity contribution >= 4 is 47.3 Å². The maximum absolute atomic E-state index is 13.8. The van der Waals surface area contributed by atoms with E-state index in [-0.39, 0.29) is 99.9 Å². The second kappa shape index (κ2) is 28.3. The van der Waals surface area contributed by atoms with Crippen molar-refractivity contribution in [2.24, 2.45) is 0 Å². The van der Waals surface area contributed by atoms with Crippen LogP contribution in [0.3, 0.4) is 0 Å². The van der Waals surface area contributed by atoms with Crippen LogP contribution in [-0.4, -0.2) is 119 Å². The fourth-order valence-corrected chi connectivity index (χ4v) is 14.7. The first-order chi connectivity index (χ1) is 49.4. The Hall–Kier alpha value is -10.5. The van der Waals surface area contributed by atoms with E-state index in [0.29, 0.717) is 119 Å². The number of fused-ring (bicyclic) bond motifs is 12. The Kier molecular flexibility index (Phi) is 19.6. The molecule has 0 aromatic heterocycles. The molecule has 1 aliphatic carbocycles. The first kappa shape index (κ1) is 71.9. The van der Waals surface area contributed by atoms with Gasteiger partial charge < -0.3 is 18.9 Å². The van der Waals surface area contributed by atoms with E-state index in [4.69, 9.17) is 18.9 Å². The zero-order valence-corrected chi connectivity index (χ0v) is 61.9. The first-order valence-corrected chi connectivity index (χ1v) is 36.4. The molecule has 8 aromatic carbocycles. The van der Waals surface area contributed by atoms with E-state index in [1.54, 1.807) is 97.1 Å². The smallest absolute Gasteiger partial charge is 0.261 e. The molecule has 0 fully saturated rings. The van der Waals surface area contributed by atoms with Gasteiger partial charge in [-0.3, -0.25) is 58.0 Å². The summed E-state index contributed by atoms with van der Waals surface area (Å²) in [6.07, 6.45) is 2.51. The topological polar surface area (TPSA) is 186 Å². The Morgan fingerprint density at radius 2 is 0.394 bits per heavy atom. The highest BCUT2D eigenvalue weighted by molar-refractivity contribution is 6.23. The normalized spacial score (nSPS) is 15.1. The number of rotatable bonds is 20. The number of amides is 8. The van der Waals surface area contributed by atoms with Crippen molar-refractivity contribution in [3.8, 4) is 23.0 Å². The van der Waals surface area contributed by atoms with Gasteiger partial charge in [0.15, 0.2) is 0 Å². The SMILES string of the molecule is CC(C)(C)c1cc2c(OCCCN3C(=O)c4ccccc4C3=O)c(c1)Cc1cc(C(C)(C)C)cc(c1OCCCN1C(=O)c3ccccc3C1=O)Cc1cc(C(C)(C)C)cc(c1OCCCN1C(=O)c3ccccc3C1=O)Cc1cc(C(C)(C)C)cc(c1OCCCN1C(=O)c3ccccc3C1=O)C2. The lowest BCUT2D eigenvalue weighted by atomic mass is 9.79. The van der Waals surface area contributed by atoms with Gasteiger partial charge in [-0.15, -0.1) is 0 Å². The Morgan fingerprint density at radius 3 is 0.529 bits per heavy atom. The number of hydrogen-bond donors (Lipinski definition) is 0. The highest BCUT2D eigenvalue weighted by Crippen LogP contribution is 2.45. The Balaban J connectivity index is 0.975. The molecule has 13 rings (SSSR count). The second-order valence-corrected chi connectivity index (χ2v) is 32.2. The monoisotopic (exact) mass is 1400 g/mol. The Labute approximate surface area is 609 Å². The minimum Gasteiger partial charge on any atom is -0.493 e. The molecule has 8 amide bonds. The lowest BCUT2D eigenvalue weighted by Crippen LogP contribution is -2.31. The Morgan fingerprint density at radius 1 is 0.250 bits per heavy atom. The van der Waals surface area contributed by atoms with Crippen LogP contribution < -0.4 is 18.9 Å². The maximum Gasteiger partial charge on any atom is 0.261 e. The summed E-state index contributed by atoms with van der Waals surface area (Å²) in [7, 11) is 0. The van der Waals surface area contributed by atoms with Crippen LogP contribution in [0.1, 0.15) is 258 Å². The third kappa shape index (κ3) is 14.2. The standard InChI is InChI=1S/C88H92N4O12/c1-85(2,3)61-45-53-41-55-47-62(86(4,5)6)49-57(74(55)102-38-22-34-90-79(95)67-27-15-16-28-68(67)80(90)96)43-59-51-64(88(10,11)12)52-60(76(59)104-40-24-36-92-83(99)71-31-19-20-32-72(71)84(92)100)44-58-50-63(87(7,8)9)48-56(75(58)103-39-23-35-91-81(97)69-29-17-18-30-70(69)82(91)98)42-54(46-61)73(53)101-37-21-33-89-77(93)65-25-13-14-26-66(65)78(89)94/h13-20,25-32,45-52H,21-24,33-44H2,1-12H3. The average Bonchev–Trinajstić information content (AvgIpc) is 1.39. The lowest BCUT2D eigenvalue weighted by Gasteiger charge is -2.29. The predicted molar refractivity (Wildman–Crippen MR) is 399 cm³/mol. The minimum absolute atomic E-state index is 0.123. The fourth-order valence-electron chi connectivity index (χ4n) is 14.7. The third-order valence-electron chi connectivity index (χ3n) is 20.6. The third-order valence-corrected chi connectivity index (χ3v) is 20.6. The van der Waals surface area contributed by atoms with Crippen LogP contribution >= 0.6 is 0 Å². The summed E-state index contributed by atoms with van der Waals surface area (Å²) in [4.78, 5) is 116. The average molecular weight is 1400 g/mol. The van der Waals surface area contributed by atoms with Crippen molar-refractivity contribution in [2.75, 3.05) is 52.6 Å². The van der Waals surface area contributed by atoms with Crippen molar-refractivity contribution in [1.29, 1.82) is 0 Å². The summed E-state index contributed by atoms with van der Waals surface area (Å²) >= 11 is 0. The van der Waals surface area contributed by atoms with Crippen molar-refractivity contribution in [3.05, 3.63) is 257 Å². The molecule has 0 saturated heterocycles. The van der Waals surface area contributed by atoms with Crippen molar-refractivity contribution in [1.82, 2.24) is 19.6 Å². The molecule has 0 saturated carbocycles. The van der Waals surface area contributed by atoms with Crippen LogP contribution in [0.4, 0.5) is 0 Å². The summed E-state index contributed by atoms with van der Waals surface area (Å²) < 4.78 is 29.2. The summed E-state index contributed by atoms with van der Waals surface area (Å²) in [5.74, 6) is -0.228. The van der Waals surface area contributed by atoms with Crippen molar-refractivity contribution in [2.45, 2.75) is 156 Å². The largest absolute Gasteiger partial charge is 0.493 e. The van der Waals surface area contributed by atoms with Gasteiger partial charge in [-0.05, 0) is 163 Å². The number of carbonyl (C=O) groups is 8. The van der Waals surface area contributed by atoms with Gasteiger partial charge in [0.1, 0.15) is 23.0 Å². The van der Waals surface area contributed by atoms with Crippen molar-refractivity contribution < 1.29 is 57.3 Å². The maximum atomic E-state index is 13.8. The predicted octanol–water partition coefficient (Wildman–Crippen LogP) is 15.8. The molecule has 0 N–H and O–H groups in total. The first-order valence-electron chi connectivity index (χ1n) is 36.4. The molecule has 0 atom stereocenters. The van der Waals surface area contributed by atoms with E-state index in [1.165, 1.54) is 19.6 Å². The number of ether oxygens (including phenoxy) is 4. The van der Waals surface area contributed by atoms with Gasteiger partial charge in [0.25, 0.3) is 47.3 Å². The van der Waals surface area contributed by atoms with E-state index in [0.717, 1.165) is 66.8 Å². The van der Waals surface area contributed by atoms with Crippen LogP contribution in [-0.2, 0) is 47.3 Å². The van der Waals surface area contributed by atoms with E-state index >= 15 is 0 Å². The number of imide groups is 4. The minimum atomic E-state index is -0.396. The van der Waals surface area contributed by atoms with Crippen LogP contribution in [0, 0.1) is 0 Å². The molecule has 104 heavy (non-hydrogen) atoms. The van der Waals surface area contributed by atoms with E-state index < -0.39 is 21.7 Å². The van der Waals surface area contributed by atoms with E-state index in [2.05, 4.69) is 132 Å². The number of hydrogen-bond acceptors (Lipinski definition) is 12. The van der Waals surface area contributed by atoms with E-state index in [1.807, 2.05) is 0 Å². The molecule has 0 spiro atoms. The van der Waals surface area contributed by atoms with Gasteiger partial charge in [0.05, 0.1) is 70.9 Å². The van der Waals surface area contributed by atoms with Crippen LogP contribution in [0.25, 0.3) is 0 Å². The molecule has 8 bridgehead atoms. The zero-order valence-electron chi connectivity index (χ0n) is 61.9. The second-order valence-electron chi connectivity index (χ2n) is 32.2. The molecular formula is C88H92N4O12. The molecular weight excluding hydrogens is 1300 g/mol. The van der Waals surface area contributed by atoms with Gasteiger partial charge in [-0.2, -0.15) is 0 Å². The van der Waals surface area contributed by atoms with Crippen LogP contribution in [0.2, 0.25) is 0 Å². The van der Waals surface area contributed by atoms with Crippen molar-refractivity contribution in [3.63, 3.8) is 0 Å². The van der Waals surface area contributed by atoms with Gasteiger partial charge >= 0.3 is 0 Å². The molecule has 4 aliphatic heterocycles. The van der Waals surface area contributed by atoms with E-state index in [9.17, 15) is 38.4 Å². The summed E-state index contributed by atoms with van der Waals surface area (Å²) in [6.45, 7) is 27.3. The summed E-state index contributed by atoms with van der Waals surface area (Å²) in [6, 6.07) is 45.3. The molecule has 4 heterocycles. The Bertz CT molecular complexity index is 4000. The molecule has 5 aliphatic rings. The molecule has 16 heteroatoms. The van der Waals surface area contributed by atoms with Crippen LogP contribution in [0.15, 0.2) is 146 Å². The molecule has 16 nitrogen and oxygen atoms in total. The zero-order chi connectivity index (χ0) is 73.9. The number of carbonyl (C=O) groups excluding carboxylic acids is 8. The van der Waals surface area contributed by atoms with Gasteiger partial charge in [-0.25, -0.2) is 0 Å². The highest BCUT2D eigenvalue weighted by atomic mass is 16.5. The quantitative estimate of drug-likeness (QED) is 0.0520. The molecule has 8 aromatic rings. The van der Waals surface area contributed by atoms with Gasteiger partial charge in [0.2, 0.25) is 0 Å². The molecule has 0 radical (unpaired) electrons. The number of benzene rings is 8. The highest BCUT2D eigenvalue weighted by Gasteiger charge is 2.40. The molecule has 536 valence electrons. The summed E-state index contributed by atoms with van der Waals surface area (Å²) in [5.41, 5.74) is 12.5. The summed E-state index contributed by atoms with van der Waals surface area (Å²) in [5, 5.41) is 0. The number of nitrogens with zero attached hydrogens (tertiary/aromatic N) is 4. The van der Waals surface area contributed by atoms with Crippen LogP contribution in [0.5, 0.6) is 23.0 Å². The van der Waals surface area contributed by atoms with Gasteiger partial charge in [-0.1, -0.05) is 180 Å². The fraction of sp³-hybridized carbons (Fsp3) is 0.364. The molecule has 0 unspecified atom stereocenters.